The highest BCUT2D eigenvalue weighted by molar-refractivity contribution is 7.99. The first kappa shape index (κ1) is 8.02. The van der Waals surface area contributed by atoms with Gasteiger partial charge in [-0.05, 0) is 12.7 Å². The first-order chi connectivity index (χ1) is 3.81. The van der Waals surface area contributed by atoms with E-state index in [2.05, 4.69) is 18.8 Å². The van der Waals surface area contributed by atoms with Crippen LogP contribution < -0.4 is 0 Å². The second-order valence-corrected chi connectivity index (χ2v) is 2.87. The summed E-state index contributed by atoms with van der Waals surface area (Å²) in [5.41, 5.74) is 1.23. The Hall–Kier alpha value is 0.0200. The molecule has 0 aliphatic rings. The zero-order valence-corrected chi connectivity index (χ0v) is 6.59. The zero-order valence-electron chi connectivity index (χ0n) is 5.77. The van der Waals surface area contributed by atoms with Crippen molar-refractivity contribution >= 4 is 17.5 Å². The number of hydrogen-bond acceptors (Lipinski definition) is 2. The van der Waals surface area contributed by atoms with Gasteiger partial charge in [-0.3, -0.25) is 4.99 Å². The van der Waals surface area contributed by atoms with Gasteiger partial charge in [0, 0.05) is 18.5 Å². The second-order valence-electron chi connectivity index (χ2n) is 1.60. The van der Waals surface area contributed by atoms with E-state index in [1.165, 1.54) is 11.5 Å². The van der Waals surface area contributed by atoms with E-state index in [1.807, 2.05) is 18.8 Å². The Morgan fingerprint density at radius 2 is 2.25 bits per heavy atom. The van der Waals surface area contributed by atoms with Gasteiger partial charge in [-0.15, -0.1) is 0 Å². The average Bonchev–Trinajstić information content (AvgIpc) is 1.83. The minimum absolute atomic E-state index is 1.09. The number of nitrogens with zero attached hydrogens (tertiary/aromatic N) is 1. The van der Waals surface area contributed by atoms with Crippen LogP contribution in [0.4, 0.5) is 0 Å². The van der Waals surface area contributed by atoms with Crippen molar-refractivity contribution in [2.45, 2.75) is 13.8 Å². The number of aliphatic imine (C=N–C) groups is 1. The Labute approximate surface area is 55.6 Å². The summed E-state index contributed by atoms with van der Waals surface area (Å²) in [6, 6.07) is 0. The van der Waals surface area contributed by atoms with Crippen LogP contribution in [-0.4, -0.2) is 24.3 Å². The third-order valence-corrected chi connectivity index (χ3v) is 1.93. The summed E-state index contributed by atoms with van der Waals surface area (Å²) in [5.74, 6) is 2.28. The van der Waals surface area contributed by atoms with Crippen molar-refractivity contribution in [1.82, 2.24) is 0 Å². The van der Waals surface area contributed by atoms with Crippen molar-refractivity contribution in [1.29, 1.82) is 0 Å². The molecule has 0 radical (unpaired) electrons. The molecule has 2 heteroatoms. The van der Waals surface area contributed by atoms with Crippen LogP contribution >= 0.6 is 11.8 Å². The predicted octanol–water partition coefficient (Wildman–Crippen LogP) is 1.83. The summed E-state index contributed by atoms with van der Waals surface area (Å²) in [7, 11) is 1.84. The smallest absolute Gasteiger partial charge is 0.0311 e. The zero-order chi connectivity index (χ0) is 6.41. The average molecular weight is 131 g/mol. The van der Waals surface area contributed by atoms with E-state index in [9.17, 15) is 0 Å². The molecule has 0 saturated heterocycles. The summed E-state index contributed by atoms with van der Waals surface area (Å²) in [4.78, 5) is 4.02. The van der Waals surface area contributed by atoms with Gasteiger partial charge in [0.2, 0.25) is 0 Å². The minimum atomic E-state index is 1.09. The normalized spacial score (nSPS) is 12.1. The van der Waals surface area contributed by atoms with Gasteiger partial charge in [0.25, 0.3) is 0 Å². The van der Waals surface area contributed by atoms with Gasteiger partial charge in [0.15, 0.2) is 0 Å². The van der Waals surface area contributed by atoms with Gasteiger partial charge < -0.3 is 0 Å². The molecule has 0 aromatic carbocycles. The molecule has 8 heavy (non-hydrogen) atoms. The highest BCUT2D eigenvalue weighted by atomic mass is 32.2. The van der Waals surface area contributed by atoms with Gasteiger partial charge in [-0.1, -0.05) is 6.92 Å². The van der Waals surface area contributed by atoms with Crippen LogP contribution in [0.5, 0.6) is 0 Å². The van der Waals surface area contributed by atoms with E-state index in [0.29, 0.717) is 0 Å². The van der Waals surface area contributed by atoms with Gasteiger partial charge in [-0.2, -0.15) is 11.8 Å². The van der Waals surface area contributed by atoms with E-state index in [4.69, 9.17) is 0 Å². The summed E-state index contributed by atoms with van der Waals surface area (Å²) in [6.45, 7) is 4.22. The molecule has 0 spiro atoms. The fraction of sp³-hybridized carbons (Fsp3) is 0.833. The maximum Gasteiger partial charge on any atom is 0.0311 e. The summed E-state index contributed by atoms with van der Waals surface area (Å²) in [5, 5.41) is 0. The minimum Gasteiger partial charge on any atom is -0.297 e. The summed E-state index contributed by atoms with van der Waals surface area (Å²) >= 11 is 1.91. The molecule has 0 aromatic heterocycles. The standard InChI is InChI=1S/C6H13NS/c1-4-8-5-6(2)7-3/h4-5H2,1-3H3. The Balaban J connectivity index is 3.12. The van der Waals surface area contributed by atoms with Crippen molar-refractivity contribution < 1.29 is 0 Å². The Kier molecular flexibility index (Phi) is 5.18. The Morgan fingerprint density at radius 3 is 2.62 bits per heavy atom. The van der Waals surface area contributed by atoms with E-state index in [-0.39, 0.29) is 0 Å². The van der Waals surface area contributed by atoms with E-state index < -0.39 is 0 Å². The van der Waals surface area contributed by atoms with Gasteiger partial charge in [0.05, 0.1) is 0 Å². The molecule has 0 aliphatic carbocycles. The lowest BCUT2D eigenvalue weighted by molar-refractivity contribution is 1.41. The molecular formula is C6H13NS. The molecule has 0 fully saturated rings. The fourth-order valence-corrected chi connectivity index (χ4v) is 0.943. The lowest BCUT2D eigenvalue weighted by atomic mass is 10.5. The van der Waals surface area contributed by atoms with Crippen LogP contribution in [0.25, 0.3) is 0 Å². The first-order valence-electron chi connectivity index (χ1n) is 2.81. The van der Waals surface area contributed by atoms with E-state index in [1.54, 1.807) is 0 Å². The Bertz CT molecular complexity index is 78.6. The van der Waals surface area contributed by atoms with Crippen molar-refractivity contribution in [2.24, 2.45) is 4.99 Å². The molecule has 0 N–H and O–H groups in total. The van der Waals surface area contributed by atoms with Crippen LogP contribution in [0.3, 0.4) is 0 Å². The molecule has 0 aliphatic heterocycles. The van der Waals surface area contributed by atoms with Crippen molar-refractivity contribution in [3.05, 3.63) is 0 Å². The monoisotopic (exact) mass is 131 g/mol. The molecule has 0 aromatic rings. The molecule has 0 atom stereocenters. The van der Waals surface area contributed by atoms with Crippen LogP contribution in [-0.2, 0) is 0 Å². The molecule has 0 rings (SSSR count). The maximum atomic E-state index is 4.02. The topological polar surface area (TPSA) is 12.4 Å². The first-order valence-corrected chi connectivity index (χ1v) is 3.96. The summed E-state index contributed by atoms with van der Waals surface area (Å²) < 4.78 is 0. The SMILES string of the molecule is CCSCC(C)=NC. The molecular weight excluding hydrogens is 118 g/mol. The van der Waals surface area contributed by atoms with Crippen molar-refractivity contribution in [2.75, 3.05) is 18.6 Å². The van der Waals surface area contributed by atoms with Crippen LogP contribution in [0.2, 0.25) is 0 Å². The van der Waals surface area contributed by atoms with Crippen LogP contribution in [0.15, 0.2) is 4.99 Å². The van der Waals surface area contributed by atoms with Gasteiger partial charge >= 0.3 is 0 Å². The van der Waals surface area contributed by atoms with Gasteiger partial charge in [0.1, 0.15) is 0 Å². The molecule has 48 valence electrons. The largest absolute Gasteiger partial charge is 0.297 e. The highest BCUT2D eigenvalue weighted by Crippen LogP contribution is 1.97. The molecule has 0 unspecified atom stereocenters. The number of hydrogen-bond donors (Lipinski definition) is 0. The van der Waals surface area contributed by atoms with Crippen molar-refractivity contribution in [3.8, 4) is 0 Å². The molecule has 0 bridgehead atoms. The highest BCUT2D eigenvalue weighted by Gasteiger charge is 1.85. The lowest BCUT2D eigenvalue weighted by Crippen LogP contribution is -1.94. The quantitative estimate of drug-likeness (QED) is 0.532. The Morgan fingerprint density at radius 1 is 1.62 bits per heavy atom. The second kappa shape index (κ2) is 5.16. The molecule has 1 nitrogen and oxygen atoms in total. The molecule has 0 heterocycles. The summed E-state index contributed by atoms with van der Waals surface area (Å²) in [6.07, 6.45) is 0. The van der Waals surface area contributed by atoms with Crippen LogP contribution in [0, 0.1) is 0 Å². The lowest BCUT2D eigenvalue weighted by Gasteiger charge is -1.93. The van der Waals surface area contributed by atoms with Crippen molar-refractivity contribution in [3.63, 3.8) is 0 Å². The predicted molar refractivity (Wildman–Crippen MR) is 42.0 cm³/mol. The van der Waals surface area contributed by atoms with Gasteiger partial charge in [-0.25, -0.2) is 0 Å². The number of thioether (sulfide) groups is 1. The van der Waals surface area contributed by atoms with E-state index in [0.717, 1.165) is 5.75 Å². The molecule has 0 amide bonds. The third kappa shape index (κ3) is 4.19. The number of rotatable bonds is 3. The van der Waals surface area contributed by atoms with Crippen LogP contribution in [0.1, 0.15) is 13.8 Å². The maximum absolute atomic E-state index is 4.02. The fourth-order valence-electron chi connectivity index (χ4n) is 0.314. The third-order valence-electron chi connectivity index (χ3n) is 0.897. The molecule has 0 saturated carbocycles. The van der Waals surface area contributed by atoms with E-state index >= 15 is 0 Å².